The number of carbonyl (C=O) groups excluding carboxylic acids is 2. The van der Waals surface area contributed by atoms with Crippen molar-refractivity contribution in [2.45, 2.75) is 62.6 Å². The summed E-state index contributed by atoms with van der Waals surface area (Å²) < 4.78 is 34.8. The van der Waals surface area contributed by atoms with Crippen molar-refractivity contribution in [3.8, 4) is 5.75 Å². The number of hydrogen-bond donors (Lipinski definition) is 1. The van der Waals surface area contributed by atoms with Gasteiger partial charge in [0.1, 0.15) is 18.3 Å². The van der Waals surface area contributed by atoms with Crippen LogP contribution < -0.4 is 14.4 Å². The Bertz CT molecular complexity index is 1760. The molecule has 0 aliphatic heterocycles. The zero-order valence-corrected chi connectivity index (χ0v) is 28.2. The molecule has 1 unspecified atom stereocenters. The van der Waals surface area contributed by atoms with Crippen molar-refractivity contribution < 1.29 is 22.7 Å². The van der Waals surface area contributed by atoms with Gasteiger partial charge in [0.2, 0.25) is 11.8 Å². The maximum Gasteiger partial charge on any atom is 0.264 e. The lowest BCUT2D eigenvalue weighted by atomic mass is 10.0. The molecule has 1 aliphatic carbocycles. The number of hydrogen-bond acceptors (Lipinski definition) is 5. The Morgan fingerprint density at radius 1 is 0.894 bits per heavy atom. The Morgan fingerprint density at radius 3 is 2.19 bits per heavy atom. The molecular formula is C37H40ClN3O5S. The predicted molar refractivity (Wildman–Crippen MR) is 185 cm³/mol. The minimum absolute atomic E-state index is 0.00729. The van der Waals surface area contributed by atoms with E-state index in [0.29, 0.717) is 16.5 Å². The van der Waals surface area contributed by atoms with Crippen LogP contribution in [0.5, 0.6) is 5.75 Å². The predicted octanol–water partition coefficient (Wildman–Crippen LogP) is 6.55. The Morgan fingerprint density at radius 2 is 1.55 bits per heavy atom. The number of carbonyl (C=O) groups is 2. The first-order chi connectivity index (χ1) is 22.6. The molecule has 0 aromatic heterocycles. The standard InChI is InChI=1S/C37H40ClN3O5S/c1-27-15-17-32(18-16-27)41(47(44,45)34-21-19-33(46-2)20-22-34)26-36(42)40(25-29-11-8-12-30(38)23-29)35(24-28-9-4-3-5-10-28)37(43)39-31-13-6-7-14-31/h3-5,8-12,15-23,31,35H,6-7,13-14,24-26H2,1-2H3,(H,39,43). The molecule has 10 heteroatoms. The fraction of sp³-hybridized carbons (Fsp3) is 0.297. The van der Waals surface area contributed by atoms with Crippen molar-refractivity contribution in [2.24, 2.45) is 0 Å². The second-order valence-electron chi connectivity index (χ2n) is 11.9. The molecule has 1 N–H and O–H groups in total. The van der Waals surface area contributed by atoms with E-state index in [0.717, 1.165) is 46.7 Å². The molecule has 0 radical (unpaired) electrons. The molecule has 0 heterocycles. The lowest BCUT2D eigenvalue weighted by Crippen LogP contribution is -2.54. The molecule has 0 bridgehead atoms. The molecule has 47 heavy (non-hydrogen) atoms. The molecular weight excluding hydrogens is 634 g/mol. The zero-order chi connectivity index (χ0) is 33.4. The number of aryl methyl sites for hydroxylation is 1. The summed E-state index contributed by atoms with van der Waals surface area (Å²) in [5, 5.41) is 3.68. The third-order valence-electron chi connectivity index (χ3n) is 8.46. The SMILES string of the molecule is COc1ccc(S(=O)(=O)N(CC(=O)N(Cc2cccc(Cl)c2)C(Cc2ccccc2)C(=O)NC2CCCC2)c2ccc(C)cc2)cc1. The van der Waals surface area contributed by atoms with Crippen molar-refractivity contribution >= 4 is 39.1 Å². The van der Waals surface area contributed by atoms with Crippen molar-refractivity contribution in [1.82, 2.24) is 10.2 Å². The van der Waals surface area contributed by atoms with Gasteiger partial charge in [-0.25, -0.2) is 8.42 Å². The van der Waals surface area contributed by atoms with Gasteiger partial charge in [0.15, 0.2) is 0 Å². The number of halogens is 1. The van der Waals surface area contributed by atoms with Crippen LogP contribution in [0.4, 0.5) is 5.69 Å². The van der Waals surface area contributed by atoms with Gasteiger partial charge in [-0.05, 0) is 79.4 Å². The van der Waals surface area contributed by atoms with E-state index in [1.165, 1.54) is 24.1 Å². The summed E-state index contributed by atoms with van der Waals surface area (Å²) in [5.74, 6) is -0.284. The third kappa shape index (κ3) is 8.73. The van der Waals surface area contributed by atoms with E-state index >= 15 is 0 Å². The van der Waals surface area contributed by atoms with E-state index in [9.17, 15) is 18.0 Å². The average Bonchev–Trinajstić information content (AvgIpc) is 3.59. The molecule has 8 nitrogen and oxygen atoms in total. The number of anilines is 1. The van der Waals surface area contributed by atoms with Gasteiger partial charge in [-0.1, -0.05) is 84.6 Å². The fourth-order valence-corrected chi connectivity index (χ4v) is 7.50. The van der Waals surface area contributed by atoms with E-state index in [4.69, 9.17) is 16.3 Å². The normalized spacial score (nSPS) is 13.9. The van der Waals surface area contributed by atoms with Crippen LogP contribution in [-0.4, -0.2) is 50.9 Å². The van der Waals surface area contributed by atoms with Gasteiger partial charge in [0, 0.05) is 24.0 Å². The number of nitrogens with zero attached hydrogens (tertiary/aromatic N) is 2. The van der Waals surface area contributed by atoms with Gasteiger partial charge < -0.3 is 15.0 Å². The van der Waals surface area contributed by atoms with Gasteiger partial charge in [-0.3, -0.25) is 13.9 Å². The molecule has 0 saturated heterocycles. The second kappa shape index (κ2) is 15.5. The smallest absolute Gasteiger partial charge is 0.264 e. The average molecular weight is 674 g/mol. The first kappa shape index (κ1) is 34.0. The molecule has 5 rings (SSSR count). The van der Waals surface area contributed by atoms with Crippen LogP contribution in [0.3, 0.4) is 0 Å². The summed E-state index contributed by atoms with van der Waals surface area (Å²) in [6, 6.07) is 28.8. The highest BCUT2D eigenvalue weighted by molar-refractivity contribution is 7.92. The van der Waals surface area contributed by atoms with Gasteiger partial charge in [0.25, 0.3) is 10.0 Å². The monoisotopic (exact) mass is 673 g/mol. The molecule has 4 aromatic rings. The van der Waals surface area contributed by atoms with Gasteiger partial charge >= 0.3 is 0 Å². The highest BCUT2D eigenvalue weighted by Crippen LogP contribution is 2.27. The molecule has 2 amide bonds. The Labute approximate surface area is 282 Å². The molecule has 1 aliphatic rings. The van der Waals surface area contributed by atoms with Crippen LogP contribution in [0.25, 0.3) is 0 Å². The second-order valence-corrected chi connectivity index (χ2v) is 14.2. The van der Waals surface area contributed by atoms with E-state index < -0.39 is 28.5 Å². The summed E-state index contributed by atoms with van der Waals surface area (Å²) >= 11 is 6.34. The first-order valence-electron chi connectivity index (χ1n) is 15.8. The minimum Gasteiger partial charge on any atom is -0.497 e. The summed E-state index contributed by atoms with van der Waals surface area (Å²) in [6.45, 7) is 1.43. The number of sulfonamides is 1. The quantitative estimate of drug-likeness (QED) is 0.174. The van der Waals surface area contributed by atoms with E-state index in [1.54, 1.807) is 54.6 Å². The highest BCUT2D eigenvalue weighted by Gasteiger charge is 2.35. The minimum atomic E-state index is -4.21. The zero-order valence-electron chi connectivity index (χ0n) is 26.6. The number of nitrogens with one attached hydrogen (secondary N) is 1. The molecule has 0 spiro atoms. The first-order valence-corrected chi connectivity index (χ1v) is 17.6. The number of amides is 2. The van der Waals surface area contributed by atoms with Gasteiger partial charge in [-0.2, -0.15) is 0 Å². The van der Waals surface area contributed by atoms with Crippen LogP contribution >= 0.6 is 11.6 Å². The molecule has 1 atom stereocenters. The van der Waals surface area contributed by atoms with Crippen molar-refractivity contribution in [2.75, 3.05) is 18.0 Å². The van der Waals surface area contributed by atoms with E-state index in [1.807, 2.05) is 43.3 Å². The molecule has 1 fully saturated rings. The molecule has 4 aromatic carbocycles. The van der Waals surface area contributed by atoms with Crippen LogP contribution in [0, 0.1) is 6.92 Å². The molecule has 1 saturated carbocycles. The Kier molecular flexibility index (Phi) is 11.2. The maximum absolute atomic E-state index is 14.6. The summed E-state index contributed by atoms with van der Waals surface area (Å²) in [7, 11) is -2.71. The number of benzene rings is 4. The lowest BCUT2D eigenvalue weighted by Gasteiger charge is -2.34. The van der Waals surface area contributed by atoms with Gasteiger partial charge in [-0.15, -0.1) is 0 Å². The number of methoxy groups -OCH3 is 1. The lowest BCUT2D eigenvalue weighted by molar-refractivity contribution is -0.140. The van der Waals surface area contributed by atoms with Crippen LogP contribution in [0.2, 0.25) is 5.02 Å². The largest absolute Gasteiger partial charge is 0.497 e. The van der Waals surface area contributed by atoms with Gasteiger partial charge in [0.05, 0.1) is 17.7 Å². The summed E-state index contributed by atoms with van der Waals surface area (Å²) in [4.78, 5) is 30.2. The van der Waals surface area contributed by atoms with Crippen molar-refractivity contribution in [3.63, 3.8) is 0 Å². The van der Waals surface area contributed by atoms with Crippen molar-refractivity contribution in [3.05, 3.63) is 125 Å². The topological polar surface area (TPSA) is 96.0 Å². The summed E-state index contributed by atoms with van der Waals surface area (Å²) in [5.41, 5.74) is 2.87. The third-order valence-corrected chi connectivity index (χ3v) is 10.5. The fourth-order valence-electron chi connectivity index (χ4n) is 5.87. The van der Waals surface area contributed by atoms with Crippen molar-refractivity contribution in [1.29, 1.82) is 0 Å². The summed E-state index contributed by atoms with van der Waals surface area (Å²) in [6.07, 6.45) is 4.09. The Hall–Kier alpha value is -4.34. The highest BCUT2D eigenvalue weighted by atomic mass is 35.5. The van der Waals surface area contributed by atoms with E-state index in [2.05, 4.69) is 5.32 Å². The maximum atomic E-state index is 14.6. The van der Waals surface area contributed by atoms with E-state index in [-0.39, 0.29) is 29.8 Å². The molecule has 246 valence electrons. The van der Waals surface area contributed by atoms with Crippen LogP contribution in [0.15, 0.2) is 108 Å². The van der Waals surface area contributed by atoms with Crippen LogP contribution in [0.1, 0.15) is 42.4 Å². The van der Waals surface area contributed by atoms with Crippen LogP contribution in [-0.2, 0) is 32.6 Å². The Balaban J connectivity index is 1.56. The number of ether oxygens (including phenoxy) is 1. The number of rotatable bonds is 13.